The third kappa shape index (κ3) is 4.47. The van der Waals surface area contributed by atoms with E-state index < -0.39 is 5.60 Å². The number of nitrogens with one attached hydrogen (secondary N) is 2. The van der Waals surface area contributed by atoms with E-state index in [-0.39, 0.29) is 5.82 Å². The van der Waals surface area contributed by atoms with Crippen LogP contribution in [0.4, 0.5) is 10.1 Å². The maximum Gasteiger partial charge on any atom is 0.177 e. The molecule has 2 aromatic carbocycles. The van der Waals surface area contributed by atoms with E-state index in [0.717, 1.165) is 39.6 Å². The Morgan fingerprint density at radius 2 is 1.69 bits per heavy atom. The van der Waals surface area contributed by atoms with Gasteiger partial charge >= 0.3 is 0 Å². The average Bonchev–Trinajstić information content (AvgIpc) is 3.43. The van der Waals surface area contributed by atoms with Crippen molar-refractivity contribution in [1.29, 1.82) is 0 Å². The van der Waals surface area contributed by atoms with Crippen LogP contribution in [0.2, 0.25) is 0 Å². The summed E-state index contributed by atoms with van der Waals surface area (Å²) in [5.41, 5.74) is 5.79. The van der Waals surface area contributed by atoms with Crippen LogP contribution in [-0.4, -0.2) is 41.8 Å². The summed E-state index contributed by atoms with van der Waals surface area (Å²) in [6.07, 6.45) is 6.11. The SMILES string of the molecule is CC(C)(O)CNc1cc(-c2ccc(F)cc2)nn2c(-c3ccc(-c4cnc(C5CC5)[nH]4)cc3)cnc12. The van der Waals surface area contributed by atoms with Gasteiger partial charge in [0, 0.05) is 23.6 Å². The van der Waals surface area contributed by atoms with Crippen LogP contribution in [0.15, 0.2) is 67.0 Å². The Labute approximate surface area is 208 Å². The van der Waals surface area contributed by atoms with Gasteiger partial charge < -0.3 is 15.4 Å². The highest BCUT2D eigenvalue weighted by Gasteiger charge is 2.26. The Morgan fingerprint density at radius 3 is 2.39 bits per heavy atom. The van der Waals surface area contributed by atoms with Crippen LogP contribution in [0.5, 0.6) is 0 Å². The fourth-order valence-electron chi connectivity index (χ4n) is 4.24. The maximum atomic E-state index is 13.5. The molecule has 1 aliphatic rings. The van der Waals surface area contributed by atoms with E-state index in [1.807, 2.05) is 24.4 Å². The second-order valence-electron chi connectivity index (χ2n) is 10.0. The number of H-pyrrole nitrogens is 1. The van der Waals surface area contributed by atoms with Gasteiger partial charge in [0.2, 0.25) is 0 Å². The number of halogens is 1. The van der Waals surface area contributed by atoms with E-state index in [2.05, 4.69) is 32.4 Å². The maximum absolute atomic E-state index is 13.5. The van der Waals surface area contributed by atoms with Gasteiger partial charge in [0.25, 0.3) is 0 Å². The summed E-state index contributed by atoms with van der Waals surface area (Å²) >= 11 is 0. The summed E-state index contributed by atoms with van der Waals surface area (Å²) in [5, 5.41) is 18.4. The first-order valence-corrected chi connectivity index (χ1v) is 12.1. The largest absolute Gasteiger partial charge is 0.389 e. The highest BCUT2D eigenvalue weighted by atomic mass is 19.1. The van der Waals surface area contributed by atoms with Crippen molar-refractivity contribution < 1.29 is 9.50 Å². The molecule has 1 aliphatic carbocycles. The summed E-state index contributed by atoms with van der Waals surface area (Å²) in [6.45, 7) is 3.82. The molecule has 36 heavy (non-hydrogen) atoms. The van der Waals surface area contributed by atoms with Crippen molar-refractivity contribution >= 4 is 11.3 Å². The van der Waals surface area contributed by atoms with Gasteiger partial charge in [0.05, 0.1) is 40.8 Å². The molecule has 0 radical (unpaired) electrons. The van der Waals surface area contributed by atoms with Crippen molar-refractivity contribution in [2.45, 2.75) is 38.2 Å². The summed E-state index contributed by atoms with van der Waals surface area (Å²) in [6, 6.07) is 16.4. The van der Waals surface area contributed by atoms with Gasteiger partial charge in [-0.1, -0.05) is 24.3 Å². The zero-order valence-electron chi connectivity index (χ0n) is 20.2. The number of aromatic nitrogens is 5. The van der Waals surface area contributed by atoms with Crippen molar-refractivity contribution in [2.24, 2.45) is 0 Å². The molecule has 8 heteroatoms. The summed E-state index contributed by atoms with van der Waals surface area (Å²) in [7, 11) is 0. The first kappa shape index (κ1) is 22.4. The minimum absolute atomic E-state index is 0.301. The number of anilines is 1. The lowest BCUT2D eigenvalue weighted by Crippen LogP contribution is -2.29. The fraction of sp³-hybridized carbons (Fsp3) is 0.250. The molecular formula is C28H27FN6O. The second kappa shape index (κ2) is 8.57. The third-order valence-electron chi connectivity index (χ3n) is 6.37. The Morgan fingerprint density at radius 1 is 1.00 bits per heavy atom. The lowest BCUT2D eigenvalue weighted by Gasteiger charge is -2.19. The molecule has 182 valence electrons. The monoisotopic (exact) mass is 482 g/mol. The quantitative estimate of drug-likeness (QED) is 0.279. The number of nitrogens with zero attached hydrogens (tertiary/aromatic N) is 4. The van der Waals surface area contributed by atoms with Crippen LogP contribution < -0.4 is 5.32 Å². The molecule has 1 fully saturated rings. The first-order valence-electron chi connectivity index (χ1n) is 12.1. The highest BCUT2D eigenvalue weighted by Crippen LogP contribution is 2.39. The Balaban J connectivity index is 1.39. The Bertz CT molecular complexity index is 1530. The number of rotatable bonds is 7. The van der Waals surface area contributed by atoms with Crippen molar-refractivity contribution in [3.8, 4) is 33.8 Å². The number of hydrogen-bond acceptors (Lipinski definition) is 5. The number of benzene rings is 2. The number of aromatic amines is 1. The van der Waals surface area contributed by atoms with E-state index in [0.29, 0.717) is 23.8 Å². The second-order valence-corrected chi connectivity index (χ2v) is 10.0. The predicted octanol–water partition coefficient (Wildman–Crippen LogP) is 5.65. The smallest absolute Gasteiger partial charge is 0.177 e. The predicted molar refractivity (Wildman–Crippen MR) is 138 cm³/mol. The minimum Gasteiger partial charge on any atom is -0.389 e. The third-order valence-corrected chi connectivity index (χ3v) is 6.37. The van der Waals surface area contributed by atoms with E-state index in [1.165, 1.54) is 25.0 Å². The van der Waals surface area contributed by atoms with Crippen molar-refractivity contribution in [2.75, 3.05) is 11.9 Å². The van der Waals surface area contributed by atoms with Gasteiger partial charge in [-0.25, -0.2) is 18.9 Å². The topological polar surface area (TPSA) is 91.1 Å². The molecule has 0 unspecified atom stereocenters. The molecule has 3 N–H and O–H groups in total. The molecule has 0 spiro atoms. The van der Waals surface area contributed by atoms with Gasteiger partial charge in [0.15, 0.2) is 5.65 Å². The fourth-order valence-corrected chi connectivity index (χ4v) is 4.24. The summed E-state index contributed by atoms with van der Waals surface area (Å²) in [4.78, 5) is 12.6. The van der Waals surface area contributed by atoms with Crippen LogP contribution in [0.25, 0.3) is 39.4 Å². The van der Waals surface area contributed by atoms with E-state index in [4.69, 9.17) is 5.10 Å². The van der Waals surface area contributed by atoms with Gasteiger partial charge in [-0.05, 0) is 62.6 Å². The lowest BCUT2D eigenvalue weighted by atomic mass is 10.1. The first-order chi connectivity index (χ1) is 17.3. The molecule has 1 saturated carbocycles. The van der Waals surface area contributed by atoms with Gasteiger partial charge in [0.1, 0.15) is 11.6 Å². The molecule has 0 atom stereocenters. The highest BCUT2D eigenvalue weighted by molar-refractivity contribution is 5.77. The minimum atomic E-state index is -0.909. The number of hydrogen-bond donors (Lipinski definition) is 3. The summed E-state index contributed by atoms with van der Waals surface area (Å²) in [5.74, 6) is 1.35. The lowest BCUT2D eigenvalue weighted by molar-refractivity contribution is 0.0945. The standard InChI is InChI=1S/C28H27FN6O/c1-28(2,36)16-32-23-13-22(17-9-11-21(29)12-10-17)34-35-25(15-31-27(23)35)19-5-3-18(4-6-19)24-14-30-26(33-24)20-7-8-20/h3-6,9-15,20,32,36H,7-8,16H2,1-2H3,(H,30,33). The van der Waals surface area contributed by atoms with E-state index >= 15 is 0 Å². The van der Waals surface area contributed by atoms with Crippen LogP contribution in [-0.2, 0) is 0 Å². The molecule has 7 nitrogen and oxygen atoms in total. The molecule has 0 saturated heterocycles. The van der Waals surface area contributed by atoms with E-state index in [9.17, 15) is 9.50 Å². The van der Waals surface area contributed by atoms with Gasteiger partial charge in [-0.15, -0.1) is 0 Å². The number of fused-ring (bicyclic) bond motifs is 1. The molecule has 0 bridgehead atoms. The molecule has 0 aliphatic heterocycles. The van der Waals surface area contributed by atoms with Crippen molar-refractivity contribution in [3.63, 3.8) is 0 Å². The summed E-state index contributed by atoms with van der Waals surface area (Å²) < 4.78 is 15.3. The van der Waals surface area contributed by atoms with Crippen LogP contribution >= 0.6 is 0 Å². The normalized spacial score (nSPS) is 13.9. The van der Waals surface area contributed by atoms with Crippen molar-refractivity contribution in [1.82, 2.24) is 24.6 Å². The molecular weight excluding hydrogens is 455 g/mol. The van der Waals surface area contributed by atoms with Crippen molar-refractivity contribution in [3.05, 3.63) is 78.6 Å². The van der Waals surface area contributed by atoms with Crippen LogP contribution in [0, 0.1) is 5.82 Å². The zero-order valence-corrected chi connectivity index (χ0v) is 20.2. The average molecular weight is 483 g/mol. The van der Waals surface area contributed by atoms with Crippen LogP contribution in [0.1, 0.15) is 38.4 Å². The Hall–Kier alpha value is -4.04. The molecule has 3 aromatic heterocycles. The van der Waals surface area contributed by atoms with Gasteiger partial charge in [-0.3, -0.25) is 0 Å². The van der Waals surface area contributed by atoms with Gasteiger partial charge in [-0.2, -0.15) is 5.10 Å². The number of imidazole rings is 2. The Kier molecular flexibility index (Phi) is 5.34. The van der Waals surface area contributed by atoms with Crippen LogP contribution in [0.3, 0.4) is 0 Å². The molecule has 6 rings (SSSR count). The number of aliphatic hydroxyl groups is 1. The molecule has 5 aromatic rings. The van der Waals surface area contributed by atoms with E-state index in [1.54, 1.807) is 36.7 Å². The molecule has 3 heterocycles. The zero-order chi connectivity index (χ0) is 24.9. The molecule has 0 amide bonds.